The van der Waals surface area contributed by atoms with Crippen molar-refractivity contribution in [2.75, 3.05) is 26.2 Å². The maximum absolute atomic E-state index is 12.8. The number of carbonyl (C=O) groups is 1. The molecule has 0 saturated carbocycles. The van der Waals surface area contributed by atoms with Crippen molar-refractivity contribution in [2.45, 2.75) is 45.4 Å². The first-order valence-corrected chi connectivity index (χ1v) is 10.1. The van der Waals surface area contributed by atoms with Gasteiger partial charge in [-0.1, -0.05) is 0 Å². The minimum atomic E-state index is 0.164. The summed E-state index contributed by atoms with van der Waals surface area (Å²) in [6.45, 7) is 6.28. The van der Waals surface area contributed by atoms with Crippen molar-refractivity contribution in [3.8, 4) is 0 Å². The zero-order valence-corrected chi connectivity index (χ0v) is 16.0. The van der Waals surface area contributed by atoms with E-state index in [0.29, 0.717) is 26.3 Å². The van der Waals surface area contributed by atoms with E-state index in [1.165, 1.54) is 0 Å². The molecule has 8 heteroatoms. The number of aryl methyl sites for hydroxylation is 1. The highest BCUT2D eigenvalue weighted by Crippen LogP contribution is 2.25. The topological polar surface area (TPSA) is 63.5 Å². The third kappa shape index (κ3) is 3.76. The number of hydrogen-bond donors (Lipinski definition) is 0. The second-order valence-corrected chi connectivity index (χ2v) is 8.04. The third-order valence-corrected chi connectivity index (χ3v) is 5.86. The lowest BCUT2D eigenvalue weighted by Crippen LogP contribution is -2.47. The van der Waals surface area contributed by atoms with Gasteiger partial charge in [-0.2, -0.15) is 5.10 Å². The van der Waals surface area contributed by atoms with Gasteiger partial charge in [0.15, 0.2) is 0 Å². The van der Waals surface area contributed by atoms with Crippen LogP contribution >= 0.6 is 11.3 Å². The number of ether oxygens (including phenoxy) is 1. The summed E-state index contributed by atoms with van der Waals surface area (Å²) in [4.78, 5) is 21.1. The summed E-state index contributed by atoms with van der Waals surface area (Å²) in [5.74, 6) is 0. The molecular formula is C18H25N5O2S. The highest BCUT2D eigenvalue weighted by atomic mass is 32.1. The molecule has 0 radical (unpaired) electrons. The van der Waals surface area contributed by atoms with E-state index in [-0.39, 0.29) is 12.1 Å². The molecule has 2 aromatic heterocycles. The van der Waals surface area contributed by atoms with Gasteiger partial charge in [-0.05, 0) is 32.3 Å². The molecule has 140 valence electrons. The lowest BCUT2D eigenvalue weighted by atomic mass is 10.1. The number of aromatic nitrogens is 3. The molecule has 0 bridgehead atoms. The predicted molar refractivity (Wildman–Crippen MR) is 99.0 cm³/mol. The largest absolute Gasteiger partial charge is 0.375 e. The second kappa shape index (κ2) is 7.75. The van der Waals surface area contributed by atoms with E-state index in [1.54, 1.807) is 11.3 Å². The Labute approximate surface area is 157 Å². The number of fused-ring (bicyclic) bond motifs is 1. The van der Waals surface area contributed by atoms with Crippen LogP contribution in [0.25, 0.3) is 0 Å². The van der Waals surface area contributed by atoms with E-state index in [4.69, 9.17) is 4.74 Å². The summed E-state index contributed by atoms with van der Waals surface area (Å²) in [6.07, 6.45) is 4.89. The lowest BCUT2D eigenvalue weighted by molar-refractivity contribution is 0.0874. The number of hydrogen-bond acceptors (Lipinski definition) is 5. The maximum Gasteiger partial charge on any atom is 0.320 e. The van der Waals surface area contributed by atoms with Gasteiger partial charge in [0, 0.05) is 37.8 Å². The monoisotopic (exact) mass is 375 g/mol. The fraction of sp³-hybridized carbons (Fsp3) is 0.611. The molecule has 4 heterocycles. The number of nitrogens with zero attached hydrogens (tertiary/aromatic N) is 5. The summed E-state index contributed by atoms with van der Waals surface area (Å²) in [5, 5.41) is 7.57. The van der Waals surface area contributed by atoms with Gasteiger partial charge in [-0.25, -0.2) is 9.78 Å². The van der Waals surface area contributed by atoms with Crippen molar-refractivity contribution in [3.63, 3.8) is 0 Å². The van der Waals surface area contributed by atoms with Crippen LogP contribution in [-0.4, -0.2) is 56.8 Å². The van der Waals surface area contributed by atoms with Gasteiger partial charge in [0.05, 0.1) is 35.6 Å². The Hall–Kier alpha value is -1.93. The number of amides is 2. The van der Waals surface area contributed by atoms with Crippen molar-refractivity contribution in [2.24, 2.45) is 0 Å². The van der Waals surface area contributed by atoms with Crippen LogP contribution in [0.2, 0.25) is 0 Å². The van der Waals surface area contributed by atoms with Gasteiger partial charge in [0.1, 0.15) is 0 Å². The average molecular weight is 375 g/mol. The zero-order valence-electron chi connectivity index (χ0n) is 15.1. The first-order chi connectivity index (χ1) is 12.7. The molecule has 0 aromatic carbocycles. The molecule has 2 aliphatic rings. The van der Waals surface area contributed by atoms with Crippen molar-refractivity contribution in [3.05, 3.63) is 34.0 Å². The Morgan fingerprint density at radius 2 is 2.19 bits per heavy atom. The van der Waals surface area contributed by atoms with Crippen molar-refractivity contribution in [1.29, 1.82) is 0 Å². The molecule has 0 aliphatic carbocycles. The predicted octanol–water partition coefficient (Wildman–Crippen LogP) is 2.83. The van der Waals surface area contributed by atoms with Crippen LogP contribution in [0.3, 0.4) is 0 Å². The van der Waals surface area contributed by atoms with Crippen LogP contribution < -0.4 is 0 Å². The number of urea groups is 1. The molecule has 1 fully saturated rings. The van der Waals surface area contributed by atoms with Crippen molar-refractivity contribution >= 4 is 17.4 Å². The summed E-state index contributed by atoms with van der Waals surface area (Å²) in [6, 6.07) is 2.34. The number of likely N-dealkylation sites (tertiary alicyclic amines) is 1. The molecular weight excluding hydrogens is 350 g/mol. The summed E-state index contributed by atoms with van der Waals surface area (Å²) < 4.78 is 7.87. The Bertz CT molecular complexity index is 752. The average Bonchev–Trinajstić information content (AvgIpc) is 3.39. The smallest absolute Gasteiger partial charge is 0.320 e. The second-order valence-electron chi connectivity index (χ2n) is 6.98. The minimum absolute atomic E-state index is 0.164. The van der Waals surface area contributed by atoms with E-state index in [0.717, 1.165) is 48.7 Å². The van der Waals surface area contributed by atoms with E-state index in [9.17, 15) is 4.79 Å². The summed E-state index contributed by atoms with van der Waals surface area (Å²) >= 11 is 1.64. The van der Waals surface area contributed by atoms with E-state index in [1.807, 2.05) is 34.4 Å². The van der Waals surface area contributed by atoms with Gasteiger partial charge >= 0.3 is 6.03 Å². The summed E-state index contributed by atoms with van der Waals surface area (Å²) in [5.41, 5.74) is 2.09. The molecule has 1 atom stereocenters. The molecule has 1 unspecified atom stereocenters. The number of rotatable bonds is 5. The Morgan fingerprint density at radius 3 is 2.96 bits per heavy atom. The summed E-state index contributed by atoms with van der Waals surface area (Å²) in [7, 11) is 0. The molecule has 1 saturated heterocycles. The zero-order chi connectivity index (χ0) is 17.9. The highest BCUT2D eigenvalue weighted by molar-refractivity contribution is 7.09. The maximum atomic E-state index is 12.8. The normalized spacial score (nSPS) is 19.8. The number of carbonyl (C=O) groups excluding carboxylic acids is 1. The van der Waals surface area contributed by atoms with E-state index in [2.05, 4.69) is 14.8 Å². The SMILES string of the molecule is Cc1nc(COCCC2CN(C(=O)N3CCCC3)Cc3ccnn32)cs1. The van der Waals surface area contributed by atoms with Gasteiger partial charge in [-0.15, -0.1) is 11.3 Å². The molecule has 4 rings (SSSR count). The lowest BCUT2D eigenvalue weighted by Gasteiger charge is -2.36. The van der Waals surface area contributed by atoms with Gasteiger partial charge < -0.3 is 14.5 Å². The van der Waals surface area contributed by atoms with Crippen LogP contribution in [-0.2, 0) is 17.9 Å². The van der Waals surface area contributed by atoms with Gasteiger partial charge in [0.2, 0.25) is 0 Å². The molecule has 2 aromatic rings. The molecule has 2 amide bonds. The van der Waals surface area contributed by atoms with Crippen LogP contribution in [0.1, 0.15) is 41.7 Å². The quantitative estimate of drug-likeness (QED) is 0.754. The van der Waals surface area contributed by atoms with Crippen LogP contribution in [0, 0.1) is 6.92 Å². The fourth-order valence-corrected chi connectivity index (χ4v) is 4.32. The first kappa shape index (κ1) is 17.5. The standard InChI is InChI=1S/C18H25N5O2S/c1-14-20-15(13-26-14)12-25-9-5-17-11-22(10-16-4-6-19-23(16)17)18(24)21-7-2-3-8-21/h4,6,13,17H,2-3,5,7-12H2,1H3. The molecule has 2 aliphatic heterocycles. The molecule has 26 heavy (non-hydrogen) atoms. The third-order valence-electron chi connectivity index (χ3n) is 5.04. The molecule has 7 nitrogen and oxygen atoms in total. The minimum Gasteiger partial charge on any atom is -0.375 e. The fourth-order valence-electron chi connectivity index (χ4n) is 3.73. The molecule has 0 spiro atoms. The number of thiazole rings is 1. The first-order valence-electron chi connectivity index (χ1n) is 9.25. The van der Waals surface area contributed by atoms with E-state index < -0.39 is 0 Å². The van der Waals surface area contributed by atoms with Gasteiger partial charge in [0.25, 0.3) is 0 Å². The van der Waals surface area contributed by atoms with Crippen molar-refractivity contribution < 1.29 is 9.53 Å². The highest BCUT2D eigenvalue weighted by Gasteiger charge is 2.31. The van der Waals surface area contributed by atoms with Crippen LogP contribution in [0.15, 0.2) is 17.6 Å². The van der Waals surface area contributed by atoms with Crippen LogP contribution in [0.5, 0.6) is 0 Å². The van der Waals surface area contributed by atoms with Gasteiger partial charge in [-0.3, -0.25) is 4.68 Å². The Morgan fingerprint density at radius 1 is 1.35 bits per heavy atom. The molecule has 0 N–H and O–H groups in total. The van der Waals surface area contributed by atoms with E-state index >= 15 is 0 Å². The Kier molecular flexibility index (Phi) is 5.21. The van der Waals surface area contributed by atoms with Crippen molar-refractivity contribution in [1.82, 2.24) is 24.6 Å². The Balaban J connectivity index is 1.34. The van der Waals surface area contributed by atoms with Crippen LogP contribution in [0.4, 0.5) is 4.79 Å².